The second-order valence-corrected chi connectivity index (χ2v) is 3.92. The number of aromatic nitrogens is 1. The van der Waals surface area contributed by atoms with Gasteiger partial charge in [0.15, 0.2) is 11.6 Å². The van der Waals surface area contributed by atoms with Crippen LogP contribution in [-0.2, 0) is 6.54 Å². The number of carboxylic acids is 1. The van der Waals surface area contributed by atoms with Crippen LogP contribution in [0.5, 0.6) is 0 Å². The molecule has 0 unspecified atom stereocenters. The summed E-state index contributed by atoms with van der Waals surface area (Å²) in [4.78, 5) is 22.2. The Morgan fingerprint density at radius 3 is 2.53 bits per heavy atom. The zero-order valence-corrected chi connectivity index (χ0v) is 9.60. The van der Waals surface area contributed by atoms with Crippen LogP contribution in [0.1, 0.15) is 15.9 Å². The zero-order valence-electron chi connectivity index (χ0n) is 9.60. The van der Waals surface area contributed by atoms with Crippen LogP contribution < -0.4 is 10.7 Å². The van der Waals surface area contributed by atoms with Gasteiger partial charge in [0.05, 0.1) is 12.5 Å². The van der Waals surface area contributed by atoms with Gasteiger partial charge in [0, 0.05) is 17.8 Å². The topological polar surface area (TPSA) is 62.1 Å². The van der Waals surface area contributed by atoms with Gasteiger partial charge in [-0.05, 0) is 23.8 Å². The standard InChI is InChI=1S/C13H9F2NO3/c14-10-3-1-8(5-11(10)15)6-16-7-9(13(18)19)2-4-12(16)17/h1-5,7H,6H2,(H,18,19)/p-1. The first-order valence-corrected chi connectivity index (χ1v) is 5.33. The monoisotopic (exact) mass is 264 g/mol. The first kappa shape index (κ1) is 12.9. The number of halogens is 2. The lowest BCUT2D eigenvalue weighted by atomic mass is 10.2. The predicted molar refractivity (Wildman–Crippen MR) is 60.5 cm³/mol. The first-order valence-electron chi connectivity index (χ1n) is 5.33. The van der Waals surface area contributed by atoms with Crippen molar-refractivity contribution in [1.82, 2.24) is 4.57 Å². The highest BCUT2D eigenvalue weighted by atomic mass is 19.2. The van der Waals surface area contributed by atoms with Gasteiger partial charge in [-0.15, -0.1) is 0 Å². The molecule has 98 valence electrons. The van der Waals surface area contributed by atoms with E-state index in [2.05, 4.69) is 0 Å². The molecule has 0 spiro atoms. The van der Waals surface area contributed by atoms with Crippen molar-refractivity contribution in [2.45, 2.75) is 6.54 Å². The molecule has 0 saturated heterocycles. The summed E-state index contributed by atoms with van der Waals surface area (Å²) in [7, 11) is 0. The second-order valence-electron chi connectivity index (χ2n) is 3.92. The van der Waals surface area contributed by atoms with Gasteiger partial charge in [0.25, 0.3) is 5.56 Å². The summed E-state index contributed by atoms with van der Waals surface area (Å²) in [6.07, 6.45) is 1.10. The third-order valence-corrected chi connectivity index (χ3v) is 2.56. The van der Waals surface area contributed by atoms with Gasteiger partial charge in [0.1, 0.15) is 0 Å². The molecule has 0 aliphatic carbocycles. The third-order valence-electron chi connectivity index (χ3n) is 2.56. The van der Waals surface area contributed by atoms with Crippen LogP contribution in [0, 0.1) is 11.6 Å². The lowest BCUT2D eigenvalue weighted by molar-refractivity contribution is -0.255. The average Bonchev–Trinajstić information content (AvgIpc) is 2.36. The fourth-order valence-corrected chi connectivity index (χ4v) is 1.61. The molecule has 0 aliphatic heterocycles. The van der Waals surface area contributed by atoms with E-state index in [0.717, 1.165) is 35.0 Å². The smallest absolute Gasteiger partial charge is 0.250 e. The van der Waals surface area contributed by atoms with Gasteiger partial charge in [-0.25, -0.2) is 8.78 Å². The number of carboxylic acid groups (broad SMARTS) is 1. The molecule has 0 atom stereocenters. The molecule has 19 heavy (non-hydrogen) atoms. The largest absolute Gasteiger partial charge is 0.545 e. The first-order chi connectivity index (χ1) is 8.97. The Balaban J connectivity index is 2.37. The third kappa shape index (κ3) is 2.85. The van der Waals surface area contributed by atoms with Crippen molar-refractivity contribution < 1.29 is 18.7 Å². The van der Waals surface area contributed by atoms with Crippen molar-refractivity contribution >= 4 is 5.97 Å². The van der Waals surface area contributed by atoms with E-state index >= 15 is 0 Å². The summed E-state index contributed by atoms with van der Waals surface area (Å²) in [6.45, 7) is -0.0584. The predicted octanol–water partition coefficient (Wildman–Crippen LogP) is 0.538. The summed E-state index contributed by atoms with van der Waals surface area (Å²) in [5.41, 5.74) is -0.270. The van der Waals surface area contributed by atoms with E-state index in [1.54, 1.807) is 0 Å². The molecule has 0 aliphatic rings. The maximum absolute atomic E-state index is 13.0. The summed E-state index contributed by atoms with van der Waals surface area (Å²) in [6, 6.07) is 5.41. The molecule has 0 fully saturated rings. The van der Waals surface area contributed by atoms with Crippen molar-refractivity contribution in [1.29, 1.82) is 0 Å². The van der Waals surface area contributed by atoms with Crippen molar-refractivity contribution in [3.8, 4) is 0 Å². The molecule has 0 radical (unpaired) electrons. The molecule has 1 aromatic heterocycles. The molecule has 0 saturated carbocycles. The molecular weight excluding hydrogens is 256 g/mol. The van der Waals surface area contributed by atoms with E-state index in [0.29, 0.717) is 5.56 Å². The number of rotatable bonds is 3. The summed E-state index contributed by atoms with van der Waals surface area (Å²) in [5.74, 6) is -3.43. The van der Waals surface area contributed by atoms with Crippen molar-refractivity contribution in [3.05, 3.63) is 69.6 Å². The number of benzene rings is 1. The number of carbonyl (C=O) groups is 1. The van der Waals surface area contributed by atoms with Crippen LogP contribution in [0.4, 0.5) is 8.78 Å². The number of pyridine rings is 1. The van der Waals surface area contributed by atoms with Crippen molar-refractivity contribution in [3.63, 3.8) is 0 Å². The molecule has 6 heteroatoms. The van der Waals surface area contributed by atoms with Crippen LogP contribution in [0.3, 0.4) is 0 Å². The Bertz CT molecular complexity index is 695. The van der Waals surface area contributed by atoms with Gasteiger partial charge in [0.2, 0.25) is 0 Å². The number of hydrogen-bond acceptors (Lipinski definition) is 3. The fourth-order valence-electron chi connectivity index (χ4n) is 1.61. The highest BCUT2D eigenvalue weighted by Gasteiger charge is 2.05. The van der Waals surface area contributed by atoms with Crippen molar-refractivity contribution in [2.24, 2.45) is 0 Å². The van der Waals surface area contributed by atoms with E-state index in [-0.39, 0.29) is 12.1 Å². The minimum atomic E-state index is -1.42. The van der Waals surface area contributed by atoms with E-state index < -0.39 is 23.2 Å². The molecule has 2 rings (SSSR count). The van der Waals surface area contributed by atoms with Crippen LogP contribution in [0.15, 0.2) is 41.3 Å². The molecule has 1 aromatic carbocycles. The molecule has 4 nitrogen and oxygen atoms in total. The van der Waals surface area contributed by atoms with Gasteiger partial charge in [-0.2, -0.15) is 0 Å². The highest BCUT2D eigenvalue weighted by molar-refractivity contribution is 5.85. The normalized spacial score (nSPS) is 10.4. The number of carbonyl (C=O) groups excluding carboxylic acids is 1. The van der Waals surface area contributed by atoms with Gasteiger partial charge in [-0.3, -0.25) is 4.79 Å². The van der Waals surface area contributed by atoms with Gasteiger partial charge < -0.3 is 14.5 Å². The minimum Gasteiger partial charge on any atom is -0.545 e. The molecular formula is C13H8F2NO3-. The van der Waals surface area contributed by atoms with Crippen LogP contribution in [-0.4, -0.2) is 10.5 Å². The maximum atomic E-state index is 13.0. The number of aromatic carboxylic acids is 1. The van der Waals surface area contributed by atoms with Crippen LogP contribution >= 0.6 is 0 Å². The maximum Gasteiger partial charge on any atom is 0.250 e. The average molecular weight is 264 g/mol. The zero-order chi connectivity index (χ0) is 14.0. The number of nitrogens with zero attached hydrogens (tertiary/aromatic N) is 1. The Hall–Kier alpha value is -2.50. The lowest BCUT2D eigenvalue weighted by Crippen LogP contribution is -2.26. The van der Waals surface area contributed by atoms with E-state index in [4.69, 9.17) is 0 Å². The minimum absolute atomic E-state index is 0.0584. The fraction of sp³-hybridized carbons (Fsp3) is 0.0769. The Labute approximate surface area is 106 Å². The van der Waals surface area contributed by atoms with E-state index in [9.17, 15) is 23.5 Å². The number of hydrogen-bond donors (Lipinski definition) is 0. The Morgan fingerprint density at radius 1 is 1.16 bits per heavy atom. The van der Waals surface area contributed by atoms with E-state index in [1.807, 2.05) is 0 Å². The second kappa shape index (κ2) is 5.01. The molecule has 1 heterocycles. The molecule has 0 N–H and O–H groups in total. The van der Waals surface area contributed by atoms with Crippen LogP contribution in [0.2, 0.25) is 0 Å². The van der Waals surface area contributed by atoms with Crippen LogP contribution in [0.25, 0.3) is 0 Å². The molecule has 0 amide bonds. The summed E-state index contributed by atoms with van der Waals surface area (Å²) in [5, 5.41) is 10.7. The highest BCUT2D eigenvalue weighted by Crippen LogP contribution is 2.09. The summed E-state index contributed by atoms with van der Waals surface area (Å²) < 4.78 is 26.9. The summed E-state index contributed by atoms with van der Waals surface area (Å²) >= 11 is 0. The SMILES string of the molecule is O=C([O-])c1ccc(=O)n(Cc2ccc(F)c(F)c2)c1. The van der Waals surface area contributed by atoms with Gasteiger partial charge in [-0.1, -0.05) is 6.07 Å². The van der Waals surface area contributed by atoms with E-state index in [1.165, 1.54) is 6.07 Å². The Kier molecular flexibility index (Phi) is 3.41. The van der Waals surface area contributed by atoms with Crippen molar-refractivity contribution in [2.75, 3.05) is 0 Å². The lowest BCUT2D eigenvalue weighted by Gasteiger charge is -2.09. The Morgan fingerprint density at radius 2 is 1.89 bits per heavy atom. The van der Waals surface area contributed by atoms with Gasteiger partial charge >= 0.3 is 0 Å². The molecule has 0 bridgehead atoms. The molecule has 2 aromatic rings. The quantitative estimate of drug-likeness (QED) is 0.812.